The second-order valence-corrected chi connectivity index (χ2v) is 4.49. The van der Waals surface area contributed by atoms with E-state index < -0.39 is 0 Å². The Labute approximate surface area is 121 Å². The zero-order valence-corrected chi connectivity index (χ0v) is 12.8. The number of ether oxygens (including phenoxy) is 1. The summed E-state index contributed by atoms with van der Waals surface area (Å²) in [6.45, 7) is 6.44. The first-order valence-electron chi connectivity index (χ1n) is 7.32. The van der Waals surface area contributed by atoms with Gasteiger partial charge in [0, 0.05) is 32.4 Å². The van der Waals surface area contributed by atoms with Crippen molar-refractivity contribution in [2.24, 2.45) is 4.99 Å². The van der Waals surface area contributed by atoms with Crippen LogP contribution in [0.1, 0.15) is 38.7 Å². The third-order valence-corrected chi connectivity index (χ3v) is 2.85. The minimum absolute atomic E-state index is 0.629. The summed E-state index contributed by atoms with van der Waals surface area (Å²) >= 11 is 0. The molecule has 0 atom stereocenters. The number of guanidine groups is 1. The number of nitrogens with one attached hydrogen (secondary N) is 2. The average Bonchev–Trinajstić information content (AvgIpc) is 2.47. The molecule has 0 amide bonds. The van der Waals surface area contributed by atoms with Gasteiger partial charge in [-0.15, -0.1) is 0 Å². The van der Waals surface area contributed by atoms with Crippen LogP contribution in [-0.2, 0) is 6.54 Å². The summed E-state index contributed by atoms with van der Waals surface area (Å²) in [4.78, 5) is 8.36. The fourth-order valence-corrected chi connectivity index (χ4v) is 1.78. The lowest BCUT2D eigenvalue weighted by Crippen LogP contribution is -2.37. The second kappa shape index (κ2) is 10.1. The molecule has 5 nitrogen and oxygen atoms in total. The third kappa shape index (κ3) is 6.41. The van der Waals surface area contributed by atoms with E-state index in [-0.39, 0.29) is 0 Å². The minimum Gasteiger partial charge on any atom is -0.478 e. The summed E-state index contributed by atoms with van der Waals surface area (Å²) in [5.41, 5.74) is 1.12. The summed E-state index contributed by atoms with van der Waals surface area (Å²) in [6, 6.07) is 3.92. The van der Waals surface area contributed by atoms with Crippen LogP contribution in [0.15, 0.2) is 23.3 Å². The molecule has 0 saturated carbocycles. The Morgan fingerprint density at radius 2 is 2.15 bits per heavy atom. The number of nitrogens with zero attached hydrogens (tertiary/aromatic N) is 2. The number of hydrogen-bond donors (Lipinski definition) is 2. The van der Waals surface area contributed by atoms with Crippen LogP contribution in [0, 0.1) is 0 Å². The molecule has 0 fully saturated rings. The molecule has 0 aliphatic rings. The first-order valence-corrected chi connectivity index (χ1v) is 7.32. The maximum Gasteiger partial charge on any atom is 0.213 e. The summed E-state index contributed by atoms with van der Waals surface area (Å²) in [7, 11) is 1.79. The van der Waals surface area contributed by atoms with Crippen molar-refractivity contribution in [3.63, 3.8) is 0 Å². The van der Waals surface area contributed by atoms with Gasteiger partial charge in [-0.05, 0) is 25.0 Å². The number of hydrogen-bond acceptors (Lipinski definition) is 3. The van der Waals surface area contributed by atoms with Gasteiger partial charge in [0.2, 0.25) is 5.88 Å². The molecule has 1 rings (SSSR count). The Hall–Kier alpha value is -1.78. The first-order chi connectivity index (χ1) is 9.80. The maximum atomic E-state index is 5.39. The van der Waals surface area contributed by atoms with Crippen molar-refractivity contribution in [3.05, 3.63) is 23.9 Å². The molecule has 0 aliphatic carbocycles. The van der Waals surface area contributed by atoms with E-state index in [1.807, 2.05) is 19.1 Å². The number of pyridine rings is 1. The molecule has 0 bridgehead atoms. The Morgan fingerprint density at radius 1 is 1.30 bits per heavy atom. The zero-order chi connectivity index (χ0) is 14.6. The molecular weight excluding hydrogens is 252 g/mol. The van der Waals surface area contributed by atoms with Crippen molar-refractivity contribution >= 4 is 5.96 Å². The molecule has 2 N–H and O–H groups in total. The minimum atomic E-state index is 0.629. The number of aliphatic imine (C=N–C) groups is 1. The van der Waals surface area contributed by atoms with Gasteiger partial charge in [0.05, 0.1) is 6.61 Å². The summed E-state index contributed by atoms with van der Waals surface area (Å²) in [6.07, 6.45) is 5.40. The molecule has 0 unspecified atom stereocenters. The van der Waals surface area contributed by atoms with Gasteiger partial charge in [0.25, 0.3) is 0 Å². The smallest absolute Gasteiger partial charge is 0.213 e. The zero-order valence-electron chi connectivity index (χ0n) is 12.8. The molecule has 0 radical (unpaired) electrons. The van der Waals surface area contributed by atoms with Crippen LogP contribution in [0.2, 0.25) is 0 Å². The molecule has 1 aromatic rings. The van der Waals surface area contributed by atoms with Gasteiger partial charge in [-0.3, -0.25) is 4.99 Å². The Morgan fingerprint density at radius 3 is 2.85 bits per heavy atom. The van der Waals surface area contributed by atoms with Gasteiger partial charge in [-0.25, -0.2) is 4.98 Å². The lowest BCUT2D eigenvalue weighted by Gasteiger charge is -2.12. The van der Waals surface area contributed by atoms with E-state index in [1.54, 1.807) is 13.2 Å². The Bertz CT molecular complexity index is 407. The third-order valence-electron chi connectivity index (χ3n) is 2.85. The van der Waals surface area contributed by atoms with Crippen molar-refractivity contribution in [1.29, 1.82) is 0 Å². The van der Waals surface area contributed by atoms with Gasteiger partial charge < -0.3 is 15.4 Å². The molecule has 0 aromatic carbocycles. The normalized spacial score (nSPS) is 11.2. The molecule has 1 aromatic heterocycles. The lowest BCUT2D eigenvalue weighted by atomic mass is 10.2. The average molecular weight is 278 g/mol. The number of aromatic nitrogens is 1. The predicted molar refractivity (Wildman–Crippen MR) is 83.1 cm³/mol. The Kier molecular flexibility index (Phi) is 8.19. The summed E-state index contributed by atoms with van der Waals surface area (Å²) < 4.78 is 5.39. The van der Waals surface area contributed by atoms with Gasteiger partial charge in [0.15, 0.2) is 5.96 Å². The van der Waals surface area contributed by atoms with Gasteiger partial charge in [0.1, 0.15) is 0 Å². The molecule has 0 aliphatic heterocycles. The highest BCUT2D eigenvalue weighted by atomic mass is 16.5. The topological polar surface area (TPSA) is 58.5 Å². The monoisotopic (exact) mass is 278 g/mol. The van der Waals surface area contributed by atoms with Gasteiger partial charge in [-0.2, -0.15) is 0 Å². The van der Waals surface area contributed by atoms with Gasteiger partial charge in [-0.1, -0.05) is 19.8 Å². The van der Waals surface area contributed by atoms with E-state index in [0.717, 1.165) is 18.1 Å². The van der Waals surface area contributed by atoms with E-state index in [0.29, 0.717) is 19.0 Å². The van der Waals surface area contributed by atoms with E-state index in [4.69, 9.17) is 4.74 Å². The highest BCUT2D eigenvalue weighted by Gasteiger charge is 2.00. The summed E-state index contributed by atoms with van der Waals surface area (Å²) in [5.74, 6) is 1.49. The standard InChI is InChI=1S/C15H26N4O/c1-4-6-7-9-18-15(16-3)19-12-13-8-10-17-14(11-13)20-5-2/h8,10-11H,4-7,9,12H2,1-3H3,(H2,16,18,19). The highest BCUT2D eigenvalue weighted by Crippen LogP contribution is 2.08. The molecule has 0 saturated heterocycles. The fraction of sp³-hybridized carbons (Fsp3) is 0.600. The van der Waals surface area contributed by atoms with Crippen LogP contribution in [0.4, 0.5) is 0 Å². The lowest BCUT2D eigenvalue weighted by molar-refractivity contribution is 0.326. The summed E-state index contributed by atoms with van der Waals surface area (Å²) in [5, 5.41) is 6.59. The quantitative estimate of drug-likeness (QED) is 0.435. The molecule has 5 heteroatoms. The van der Waals surface area contributed by atoms with Crippen molar-refractivity contribution in [1.82, 2.24) is 15.6 Å². The van der Waals surface area contributed by atoms with E-state index in [1.165, 1.54) is 19.3 Å². The van der Waals surface area contributed by atoms with Crippen molar-refractivity contribution in [2.75, 3.05) is 20.2 Å². The molecule has 1 heterocycles. The van der Waals surface area contributed by atoms with E-state index >= 15 is 0 Å². The predicted octanol–water partition coefficient (Wildman–Crippen LogP) is 2.34. The van der Waals surface area contributed by atoms with Crippen molar-refractivity contribution in [2.45, 2.75) is 39.7 Å². The van der Waals surface area contributed by atoms with Crippen LogP contribution in [-0.4, -0.2) is 31.1 Å². The second-order valence-electron chi connectivity index (χ2n) is 4.49. The van der Waals surface area contributed by atoms with Crippen LogP contribution in [0.5, 0.6) is 5.88 Å². The number of unbranched alkanes of at least 4 members (excludes halogenated alkanes) is 2. The molecule has 112 valence electrons. The van der Waals surface area contributed by atoms with Crippen LogP contribution < -0.4 is 15.4 Å². The SMILES string of the molecule is CCCCCNC(=NC)NCc1ccnc(OCC)c1. The van der Waals surface area contributed by atoms with Crippen molar-refractivity contribution in [3.8, 4) is 5.88 Å². The Balaban J connectivity index is 2.38. The van der Waals surface area contributed by atoms with Gasteiger partial charge >= 0.3 is 0 Å². The maximum absolute atomic E-state index is 5.39. The molecular formula is C15H26N4O. The van der Waals surface area contributed by atoms with E-state index in [2.05, 4.69) is 27.5 Å². The molecule has 20 heavy (non-hydrogen) atoms. The highest BCUT2D eigenvalue weighted by molar-refractivity contribution is 5.79. The van der Waals surface area contributed by atoms with Crippen LogP contribution in [0.25, 0.3) is 0 Å². The first kappa shape index (κ1) is 16.3. The van der Waals surface area contributed by atoms with Crippen LogP contribution in [0.3, 0.4) is 0 Å². The van der Waals surface area contributed by atoms with Crippen molar-refractivity contribution < 1.29 is 4.74 Å². The van der Waals surface area contributed by atoms with Crippen LogP contribution >= 0.6 is 0 Å². The van der Waals surface area contributed by atoms with E-state index in [9.17, 15) is 0 Å². The molecule has 0 spiro atoms. The largest absolute Gasteiger partial charge is 0.478 e. The fourth-order valence-electron chi connectivity index (χ4n) is 1.78. The number of rotatable bonds is 8.